The van der Waals surface area contributed by atoms with Crippen LogP contribution in [-0.4, -0.2) is 22.6 Å². The van der Waals surface area contributed by atoms with Crippen LogP contribution in [0.15, 0.2) is 60.9 Å². The van der Waals surface area contributed by atoms with Crippen molar-refractivity contribution in [2.75, 3.05) is 5.32 Å². The summed E-state index contributed by atoms with van der Waals surface area (Å²) >= 11 is 0. The molecule has 2 amide bonds. The number of Topliss-reactive ketones (excluding diaryl/α,β-unsaturated/α-hetero) is 1. The van der Waals surface area contributed by atoms with Crippen LogP contribution in [0.25, 0.3) is 0 Å². The maximum Gasteiger partial charge on any atom is 0.251 e. The van der Waals surface area contributed by atoms with Crippen LogP contribution < -0.4 is 10.6 Å². The van der Waals surface area contributed by atoms with E-state index in [1.54, 1.807) is 24.5 Å². The van der Waals surface area contributed by atoms with Gasteiger partial charge in [0.2, 0.25) is 5.91 Å². The van der Waals surface area contributed by atoms with Crippen LogP contribution in [0.4, 0.5) is 14.5 Å². The van der Waals surface area contributed by atoms with E-state index in [1.807, 2.05) is 0 Å². The quantitative estimate of drug-likeness (QED) is 0.619. The molecule has 31 heavy (non-hydrogen) atoms. The van der Waals surface area contributed by atoms with Crippen molar-refractivity contribution in [3.05, 3.63) is 94.8 Å². The van der Waals surface area contributed by atoms with Gasteiger partial charge in [-0.2, -0.15) is 0 Å². The van der Waals surface area contributed by atoms with Crippen molar-refractivity contribution in [3.63, 3.8) is 0 Å². The predicted octanol–water partition coefficient (Wildman–Crippen LogP) is 3.28. The Morgan fingerprint density at radius 3 is 2.48 bits per heavy atom. The molecule has 3 aromatic rings. The monoisotopic (exact) mass is 421 g/mol. The van der Waals surface area contributed by atoms with E-state index < -0.39 is 29.2 Å². The fraction of sp³-hybridized carbons (Fsp3) is 0.130. The van der Waals surface area contributed by atoms with Gasteiger partial charge in [0.25, 0.3) is 5.91 Å². The molecule has 0 saturated carbocycles. The number of anilines is 1. The van der Waals surface area contributed by atoms with E-state index in [2.05, 4.69) is 15.6 Å². The maximum atomic E-state index is 13.5. The number of rotatable bonds is 5. The van der Waals surface area contributed by atoms with E-state index in [9.17, 15) is 23.2 Å². The van der Waals surface area contributed by atoms with E-state index in [4.69, 9.17) is 0 Å². The zero-order chi connectivity index (χ0) is 22.0. The first-order valence-electron chi connectivity index (χ1n) is 9.52. The molecule has 8 heteroatoms. The molecule has 1 aromatic heterocycles. The molecule has 156 valence electrons. The minimum absolute atomic E-state index is 0.0836. The van der Waals surface area contributed by atoms with Gasteiger partial charge in [0.1, 0.15) is 5.92 Å². The van der Waals surface area contributed by atoms with Crippen LogP contribution in [0.3, 0.4) is 0 Å². The van der Waals surface area contributed by atoms with Gasteiger partial charge in [-0.1, -0.05) is 6.07 Å². The molecule has 0 bridgehead atoms. The van der Waals surface area contributed by atoms with Crippen LogP contribution >= 0.6 is 0 Å². The van der Waals surface area contributed by atoms with E-state index in [0.29, 0.717) is 17.8 Å². The molecule has 6 nitrogen and oxygen atoms in total. The van der Waals surface area contributed by atoms with Gasteiger partial charge in [0.05, 0.1) is 5.69 Å². The molecule has 4 rings (SSSR count). The highest BCUT2D eigenvalue weighted by Gasteiger charge is 2.35. The Hall–Kier alpha value is -3.94. The number of nitrogens with zero attached hydrogens (tertiary/aromatic N) is 1. The van der Waals surface area contributed by atoms with E-state index in [-0.39, 0.29) is 23.5 Å². The zero-order valence-corrected chi connectivity index (χ0v) is 16.2. The molecular formula is C23H17F2N3O3. The second kappa shape index (κ2) is 8.43. The lowest BCUT2D eigenvalue weighted by atomic mass is 9.86. The van der Waals surface area contributed by atoms with E-state index in [0.717, 1.165) is 17.7 Å². The first-order valence-corrected chi connectivity index (χ1v) is 9.52. The van der Waals surface area contributed by atoms with Crippen molar-refractivity contribution in [3.8, 4) is 0 Å². The van der Waals surface area contributed by atoms with Gasteiger partial charge in [-0.3, -0.25) is 19.4 Å². The van der Waals surface area contributed by atoms with Crippen molar-refractivity contribution in [1.82, 2.24) is 10.3 Å². The Morgan fingerprint density at radius 2 is 1.74 bits per heavy atom. The minimum atomic E-state index is -1.10. The molecule has 0 spiro atoms. The second-order valence-corrected chi connectivity index (χ2v) is 7.16. The second-order valence-electron chi connectivity index (χ2n) is 7.16. The number of fused-ring (bicyclic) bond motifs is 1. The largest absolute Gasteiger partial charge is 0.348 e. The van der Waals surface area contributed by atoms with Gasteiger partial charge in [0.15, 0.2) is 17.4 Å². The molecule has 1 aliphatic rings. The maximum absolute atomic E-state index is 13.5. The Bertz CT molecular complexity index is 1180. The first-order chi connectivity index (χ1) is 14.9. The highest BCUT2D eigenvalue weighted by atomic mass is 19.2. The molecule has 1 unspecified atom stereocenters. The van der Waals surface area contributed by atoms with Gasteiger partial charge in [-0.15, -0.1) is 0 Å². The fourth-order valence-electron chi connectivity index (χ4n) is 3.40. The molecule has 1 aliphatic heterocycles. The summed E-state index contributed by atoms with van der Waals surface area (Å²) in [5.74, 6) is -4.54. The van der Waals surface area contributed by atoms with Gasteiger partial charge in [-0.05, 0) is 60.0 Å². The lowest BCUT2D eigenvalue weighted by Crippen LogP contribution is -2.37. The van der Waals surface area contributed by atoms with Crippen molar-refractivity contribution >= 4 is 23.3 Å². The number of hydrogen-bond acceptors (Lipinski definition) is 4. The Morgan fingerprint density at radius 1 is 0.968 bits per heavy atom. The lowest BCUT2D eigenvalue weighted by molar-refractivity contribution is -0.118. The number of carbonyl (C=O) groups excluding carboxylic acids is 3. The Balaban J connectivity index is 1.53. The van der Waals surface area contributed by atoms with Crippen molar-refractivity contribution < 1.29 is 23.2 Å². The van der Waals surface area contributed by atoms with Crippen LogP contribution in [0.2, 0.25) is 0 Å². The molecule has 0 radical (unpaired) electrons. The summed E-state index contributed by atoms with van der Waals surface area (Å²) in [4.78, 5) is 41.8. The smallest absolute Gasteiger partial charge is 0.251 e. The molecule has 0 saturated heterocycles. The van der Waals surface area contributed by atoms with E-state index >= 15 is 0 Å². The summed E-state index contributed by atoms with van der Waals surface area (Å²) in [5, 5.41) is 5.41. The van der Waals surface area contributed by atoms with Crippen molar-refractivity contribution in [2.45, 2.75) is 13.0 Å². The summed E-state index contributed by atoms with van der Waals surface area (Å²) < 4.78 is 26.7. The highest BCUT2D eigenvalue weighted by Crippen LogP contribution is 2.29. The fourth-order valence-corrected chi connectivity index (χ4v) is 3.40. The van der Waals surface area contributed by atoms with Crippen LogP contribution in [0.5, 0.6) is 0 Å². The van der Waals surface area contributed by atoms with Gasteiger partial charge in [-0.25, -0.2) is 8.78 Å². The standard InChI is InChI=1S/C23H17F2N3O3/c24-18-3-1-14(10-19(18)25)9-17-21(29)16-11-15(2-4-20(16)28-23(17)31)22(30)27-12-13-5-7-26-8-6-13/h1-8,10-11,17H,9,12H2,(H,27,30)(H,28,31). The normalized spacial score (nSPS) is 15.2. The Kier molecular flexibility index (Phi) is 5.53. The topological polar surface area (TPSA) is 88.2 Å². The molecule has 1 atom stereocenters. The number of nitrogens with one attached hydrogen (secondary N) is 2. The van der Waals surface area contributed by atoms with Crippen LogP contribution in [0, 0.1) is 17.6 Å². The summed E-state index contributed by atoms with van der Waals surface area (Å²) in [6.07, 6.45) is 3.16. The zero-order valence-electron chi connectivity index (χ0n) is 16.2. The van der Waals surface area contributed by atoms with E-state index in [1.165, 1.54) is 24.3 Å². The molecule has 2 N–H and O–H groups in total. The van der Waals surface area contributed by atoms with Gasteiger partial charge in [0, 0.05) is 30.1 Å². The number of carbonyl (C=O) groups is 3. The van der Waals surface area contributed by atoms with Gasteiger partial charge >= 0.3 is 0 Å². The van der Waals surface area contributed by atoms with Crippen LogP contribution in [0.1, 0.15) is 31.8 Å². The lowest BCUT2D eigenvalue weighted by Gasteiger charge is -2.24. The van der Waals surface area contributed by atoms with Crippen LogP contribution in [-0.2, 0) is 17.8 Å². The number of ketones is 1. The number of pyridine rings is 1. The first kappa shape index (κ1) is 20.3. The number of amides is 2. The summed E-state index contributed by atoms with van der Waals surface area (Å²) in [7, 11) is 0. The predicted molar refractivity (Wildman–Crippen MR) is 108 cm³/mol. The highest BCUT2D eigenvalue weighted by molar-refractivity contribution is 6.21. The average molecular weight is 421 g/mol. The molecule has 2 aromatic carbocycles. The number of benzene rings is 2. The SMILES string of the molecule is O=C(NCc1ccncc1)c1ccc2c(c1)C(=O)C(Cc1ccc(F)c(F)c1)C(=O)N2. The number of aromatic nitrogens is 1. The summed E-state index contributed by atoms with van der Waals surface area (Å²) in [6.45, 7) is 0.294. The minimum Gasteiger partial charge on any atom is -0.348 e. The molecule has 0 aliphatic carbocycles. The van der Waals surface area contributed by atoms with Gasteiger partial charge < -0.3 is 10.6 Å². The summed E-state index contributed by atoms with van der Waals surface area (Å²) in [5.41, 5.74) is 1.97. The van der Waals surface area contributed by atoms with Crippen molar-refractivity contribution in [1.29, 1.82) is 0 Å². The molecule has 2 heterocycles. The van der Waals surface area contributed by atoms with Crippen molar-refractivity contribution in [2.24, 2.45) is 5.92 Å². The third kappa shape index (κ3) is 4.32. The Labute approximate surface area is 176 Å². The molecular weight excluding hydrogens is 404 g/mol. The summed E-state index contributed by atoms with van der Waals surface area (Å²) in [6, 6.07) is 11.2. The average Bonchev–Trinajstić information content (AvgIpc) is 2.78. The third-order valence-electron chi connectivity index (χ3n) is 5.06. The number of hydrogen-bond donors (Lipinski definition) is 2. The number of halogens is 2. The third-order valence-corrected chi connectivity index (χ3v) is 5.06. The molecule has 0 fully saturated rings.